The van der Waals surface area contributed by atoms with Gasteiger partial charge in [0.05, 0.1) is 23.1 Å². The van der Waals surface area contributed by atoms with Crippen LogP contribution in [0.25, 0.3) is 22.1 Å². The molecule has 37 heavy (non-hydrogen) atoms. The van der Waals surface area contributed by atoms with Crippen LogP contribution in [0.2, 0.25) is 0 Å². The van der Waals surface area contributed by atoms with Crippen molar-refractivity contribution in [2.75, 3.05) is 13.2 Å². The van der Waals surface area contributed by atoms with Crippen LogP contribution >= 0.6 is 0 Å². The molecule has 0 spiro atoms. The number of nitrogens with zero attached hydrogens (tertiary/aromatic N) is 3. The molecule has 0 bridgehead atoms. The zero-order chi connectivity index (χ0) is 26.3. The SMILES string of the molecule is Cn1c(C(C)(F)c2nc3c(F)cc(F)cc3[nH]2)nc2ccc(C(=O)NCCOc3ccc(F)cc3)cc21. The largest absolute Gasteiger partial charge is 0.492 e. The lowest BCUT2D eigenvalue weighted by Crippen LogP contribution is -2.28. The summed E-state index contributed by atoms with van der Waals surface area (Å²) in [4.78, 5) is 23.7. The fourth-order valence-electron chi connectivity index (χ4n) is 4.09. The minimum atomic E-state index is -2.28. The molecule has 11 heteroatoms. The van der Waals surface area contributed by atoms with E-state index < -0.39 is 17.3 Å². The van der Waals surface area contributed by atoms with Crippen molar-refractivity contribution in [3.63, 3.8) is 0 Å². The van der Waals surface area contributed by atoms with Gasteiger partial charge in [0.1, 0.15) is 29.5 Å². The van der Waals surface area contributed by atoms with E-state index in [0.29, 0.717) is 28.4 Å². The van der Waals surface area contributed by atoms with E-state index in [1.165, 1.54) is 35.8 Å². The van der Waals surface area contributed by atoms with Gasteiger partial charge in [0.15, 0.2) is 17.5 Å². The van der Waals surface area contributed by atoms with Crippen LogP contribution in [0.15, 0.2) is 54.6 Å². The molecular formula is C26H21F4N5O2. The van der Waals surface area contributed by atoms with Crippen molar-refractivity contribution < 1.29 is 27.1 Å². The minimum Gasteiger partial charge on any atom is -0.492 e. The van der Waals surface area contributed by atoms with Gasteiger partial charge in [-0.05, 0) is 55.5 Å². The monoisotopic (exact) mass is 511 g/mol. The number of hydrogen-bond donors (Lipinski definition) is 2. The number of benzene rings is 3. The summed E-state index contributed by atoms with van der Waals surface area (Å²) in [7, 11) is 1.59. The van der Waals surface area contributed by atoms with Crippen molar-refractivity contribution in [2.45, 2.75) is 12.6 Å². The fourth-order valence-corrected chi connectivity index (χ4v) is 4.09. The quantitative estimate of drug-likeness (QED) is 0.240. The molecule has 0 fully saturated rings. The Morgan fingerprint density at radius 3 is 2.57 bits per heavy atom. The highest BCUT2D eigenvalue weighted by Crippen LogP contribution is 2.34. The number of halogens is 4. The summed E-state index contributed by atoms with van der Waals surface area (Å²) >= 11 is 0. The van der Waals surface area contributed by atoms with Gasteiger partial charge in [-0.2, -0.15) is 0 Å². The number of hydrogen-bond acceptors (Lipinski definition) is 4. The average Bonchev–Trinajstić information content (AvgIpc) is 3.45. The number of H-pyrrole nitrogens is 1. The van der Waals surface area contributed by atoms with Gasteiger partial charge in [-0.3, -0.25) is 4.79 Å². The van der Waals surface area contributed by atoms with Gasteiger partial charge in [-0.25, -0.2) is 27.5 Å². The number of aryl methyl sites for hydroxylation is 1. The van der Waals surface area contributed by atoms with Crippen molar-refractivity contribution in [3.8, 4) is 5.75 Å². The molecule has 0 aliphatic rings. The molecule has 1 amide bonds. The van der Waals surface area contributed by atoms with Crippen LogP contribution in [0.3, 0.4) is 0 Å². The molecule has 2 aromatic heterocycles. The van der Waals surface area contributed by atoms with Gasteiger partial charge in [0, 0.05) is 18.7 Å². The third-order valence-electron chi connectivity index (χ3n) is 5.98. The third-order valence-corrected chi connectivity index (χ3v) is 5.98. The Morgan fingerprint density at radius 1 is 1.05 bits per heavy atom. The molecule has 0 saturated heterocycles. The molecule has 0 aliphatic heterocycles. The second-order valence-corrected chi connectivity index (χ2v) is 8.63. The molecule has 2 heterocycles. The zero-order valence-corrected chi connectivity index (χ0v) is 19.8. The van der Waals surface area contributed by atoms with Crippen LogP contribution in [0.1, 0.15) is 28.9 Å². The van der Waals surface area contributed by atoms with Crippen molar-refractivity contribution >= 4 is 28.0 Å². The van der Waals surface area contributed by atoms with E-state index in [9.17, 15) is 18.0 Å². The topological polar surface area (TPSA) is 84.8 Å². The number of aromatic nitrogens is 4. The van der Waals surface area contributed by atoms with E-state index in [0.717, 1.165) is 6.07 Å². The number of carbonyl (C=O) groups excluding carboxylic acids is 1. The first kappa shape index (κ1) is 24.3. The number of carbonyl (C=O) groups is 1. The van der Waals surface area contributed by atoms with Crippen LogP contribution in [-0.4, -0.2) is 38.6 Å². The predicted octanol–water partition coefficient (Wildman–Crippen LogP) is 4.91. The van der Waals surface area contributed by atoms with Crippen molar-refractivity contribution in [1.29, 1.82) is 0 Å². The third kappa shape index (κ3) is 4.59. The molecule has 7 nitrogen and oxygen atoms in total. The second-order valence-electron chi connectivity index (χ2n) is 8.63. The second kappa shape index (κ2) is 9.23. The molecule has 0 radical (unpaired) electrons. The molecule has 190 valence electrons. The maximum Gasteiger partial charge on any atom is 0.251 e. The predicted molar refractivity (Wildman–Crippen MR) is 129 cm³/mol. The molecule has 0 saturated carbocycles. The van der Waals surface area contributed by atoms with Crippen LogP contribution in [0, 0.1) is 17.5 Å². The minimum absolute atomic E-state index is 0.0255. The van der Waals surface area contributed by atoms with E-state index in [1.54, 1.807) is 25.2 Å². The van der Waals surface area contributed by atoms with E-state index in [4.69, 9.17) is 4.74 Å². The number of aromatic amines is 1. The van der Waals surface area contributed by atoms with E-state index in [2.05, 4.69) is 20.3 Å². The molecule has 0 aliphatic carbocycles. The van der Waals surface area contributed by atoms with Gasteiger partial charge in [0.25, 0.3) is 5.91 Å². The number of imidazole rings is 2. The number of amides is 1. The lowest BCUT2D eigenvalue weighted by atomic mass is 10.1. The smallest absolute Gasteiger partial charge is 0.251 e. The first-order chi connectivity index (χ1) is 17.6. The highest BCUT2D eigenvalue weighted by Gasteiger charge is 2.37. The summed E-state index contributed by atoms with van der Waals surface area (Å²) in [6.45, 7) is 1.60. The van der Waals surface area contributed by atoms with Crippen molar-refractivity contribution in [1.82, 2.24) is 24.8 Å². The van der Waals surface area contributed by atoms with Crippen LogP contribution in [0.4, 0.5) is 17.6 Å². The van der Waals surface area contributed by atoms with Gasteiger partial charge in [-0.1, -0.05) is 0 Å². The first-order valence-electron chi connectivity index (χ1n) is 11.3. The molecule has 5 rings (SSSR count). The Balaban J connectivity index is 1.34. The summed E-state index contributed by atoms with van der Waals surface area (Å²) in [6.07, 6.45) is 0. The van der Waals surface area contributed by atoms with Crippen molar-refractivity contribution in [3.05, 3.63) is 89.3 Å². The van der Waals surface area contributed by atoms with Crippen molar-refractivity contribution in [2.24, 2.45) is 7.05 Å². The normalized spacial score (nSPS) is 13.1. The molecule has 1 unspecified atom stereocenters. The number of alkyl halides is 1. The zero-order valence-electron chi connectivity index (χ0n) is 19.8. The fraction of sp³-hybridized carbons (Fsp3) is 0.192. The van der Waals surface area contributed by atoms with Gasteiger partial charge < -0.3 is 19.6 Å². The van der Waals surface area contributed by atoms with Gasteiger partial charge in [-0.15, -0.1) is 0 Å². The van der Waals surface area contributed by atoms with Crippen LogP contribution in [-0.2, 0) is 12.7 Å². The number of nitrogens with one attached hydrogen (secondary N) is 2. The van der Waals surface area contributed by atoms with E-state index in [-0.39, 0.29) is 47.6 Å². The average molecular weight is 511 g/mol. The van der Waals surface area contributed by atoms with Crippen LogP contribution in [0.5, 0.6) is 5.75 Å². The van der Waals surface area contributed by atoms with E-state index in [1.807, 2.05) is 0 Å². The summed E-state index contributed by atoms with van der Waals surface area (Å²) in [6, 6.07) is 12.0. The molecule has 2 N–H and O–H groups in total. The number of fused-ring (bicyclic) bond motifs is 2. The van der Waals surface area contributed by atoms with E-state index >= 15 is 4.39 Å². The maximum atomic E-state index is 16.0. The molecular weight excluding hydrogens is 490 g/mol. The Bertz CT molecular complexity index is 1630. The molecule has 1 atom stereocenters. The highest BCUT2D eigenvalue weighted by atomic mass is 19.1. The Kier molecular flexibility index (Phi) is 6.06. The van der Waals surface area contributed by atoms with Gasteiger partial charge >= 0.3 is 0 Å². The first-order valence-corrected chi connectivity index (χ1v) is 11.3. The summed E-state index contributed by atoms with van der Waals surface area (Å²) < 4.78 is 63.6. The number of rotatable bonds is 7. The standard InChI is InChI=1S/C26H21F4N5O2/c1-26(30,24-32-20-13-16(28)12-18(29)22(20)34-24)25-33-19-8-3-14(11-21(19)35(25)2)23(36)31-9-10-37-17-6-4-15(27)5-7-17/h3-8,11-13H,9-10H2,1-2H3,(H,31,36)(H,32,34). The Hall–Kier alpha value is -4.41. The maximum absolute atomic E-state index is 16.0. The lowest BCUT2D eigenvalue weighted by molar-refractivity contribution is 0.0947. The summed E-state index contributed by atoms with van der Waals surface area (Å²) in [5.74, 6) is -2.24. The molecule has 3 aromatic carbocycles. The molecule has 5 aromatic rings. The highest BCUT2D eigenvalue weighted by molar-refractivity contribution is 5.97. The number of ether oxygens (including phenoxy) is 1. The van der Waals surface area contributed by atoms with Gasteiger partial charge in [0.2, 0.25) is 5.67 Å². The Morgan fingerprint density at radius 2 is 1.81 bits per heavy atom. The Labute approximate surface area is 208 Å². The summed E-state index contributed by atoms with van der Waals surface area (Å²) in [5, 5.41) is 2.73. The summed E-state index contributed by atoms with van der Waals surface area (Å²) in [5.41, 5.74) is -1.19. The lowest BCUT2D eigenvalue weighted by Gasteiger charge is -2.17. The van der Waals surface area contributed by atoms with Crippen LogP contribution < -0.4 is 10.1 Å².